The topological polar surface area (TPSA) is 26.0 Å². The molecule has 2 aliphatic rings. The molecular formula is C13H16FN. The highest BCUT2D eigenvalue weighted by atomic mass is 19.1. The Hall–Kier alpha value is -0.890. The first-order valence-corrected chi connectivity index (χ1v) is 5.73. The average Bonchev–Trinajstić information content (AvgIpc) is 2.78. The van der Waals surface area contributed by atoms with E-state index in [4.69, 9.17) is 5.73 Å². The van der Waals surface area contributed by atoms with E-state index in [2.05, 4.69) is 0 Å². The van der Waals surface area contributed by atoms with Gasteiger partial charge in [0.2, 0.25) is 0 Å². The number of hydrogen-bond donors (Lipinski definition) is 1. The summed E-state index contributed by atoms with van der Waals surface area (Å²) in [4.78, 5) is 0. The van der Waals surface area contributed by atoms with Crippen molar-refractivity contribution in [2.45, 2.75) is 31.2 Å². The highest BCUT2D eigenvalue weighted by Crippen LogP contribution is 2.54. The quantitative estimate of drug-likeness (QED) is 0.749. The Kier molecular flexibility index (Phi) is 1.90. The third kappa shape index (κ3) is 1.31. The first kappa shape index (κ1) is 9.34. The fourth-order valence-corrected chi connectivity index (χ4v) is 3.50. The zero-order valence-electron chi connectivity index (χ0n) is 8.75. The van der Waals surface area contributed by atoms with E-state index in [1.54, 1.807) is 12.1 Å². The van der Waals surface area contributed by atoms with Gasteiger partial charge in [-0.3, -0.25) is 0 Å². The van der Waals surface area contributed by atoms with E-state index in [-0.39, 0.29) is 11.4 Å². The van der Waals surface area contributed by atoms with Crippen LogP contribution in [0.5, 0.6) is 0 Å². The Morgan fingerprint density at radius 3 is 2.80 bits per heavy atom. The molecule has 0 heterocycles. The van der Waals surface area contributed by atoms with Gasteiger partial charge in [0.05, 0.1) is 0 Å². The Bertz CT molecular complexity index is 390. The van der Waals surface area contributed by atoms with Crippen molar-refractivity contribution in [1.29, 1.82) is 0 Å². The number of halogens is 1. The van der Waals surface area contributed by atoms with Crippen molar-refractivity contribution in [3.63, 3.8) is 0 Å². The molecule has 1 aromatic rings. The number of nitrogens with two attached hydrogens (primary N) is 1. The fourth-order valence-electron chi connectivity index (χ4n) is 3.50. The molecule has 3 unspecified atom stereocenters. The lowest BCUT2D eigenvalue weighted by Gasteiger charge is -2.34. The molecule has 2 aliphatic carbocycles. The van der Waals surface area contributed by atoms with Crippen LogP contribution in [0.4, 0.5) is 4.39 Å². The van der Waals surface area contributed by atoms with Gasteiger partial charge in [-0.25, -0.2) is 4.39 Å². The molecule has 0 radical (unpaired) electrons. The molecule has 0 aliphatic heterocycles. The Labute approximate surface area is 89.5 Å². The predicted octanol–water partition coefficient (Wildman–Crippen LogP) is 2.80. The summed E-state index contributed by atoms with van der Waals surface area (Å²) in [5.41, 5.74) is 7.22. The summed E-state index contributed by atoms with van der Waals surface area (Å²) in [6.07, 6.45) is 4.82. The van der Waals surface area contributed by atoms with E-state index >= 15 is 0 Å². The van der Waals surface area contributed by atoms with Crippen LogP contribution in [-0.4, -0.2) is 0 Å². The van der Waals surface area contributed by atoms with E-state index < -0.39 is 0 Å². The molecule has 1 nitrogen and oxygen atoms in total. The van der Waals surface area contributed by atoms with Crippen LogP contribution in [0.3, 0.4) is 0 Å². The summed E-state index contributed by atoms with van der Waals surface area (Å²) in [7, 11) is 0. The lowest BCUT2D eigenvalue weighted by atomic mass is 9.77. The summed E-state index contributed by atoms with van der Waals surface area (Å²) in [6, 6.07) is 6.84. The third-order valence-electron chi connectivity index (χ3n) is 4.26. The standard InChI is InChI=1S/C13H16FN/c14-12-3-1-2-10(7-12)13(15)8-9-4-5-11(13)6-9/h1-3,7,9,11H,4-6,8,15H2. The van der Waals surface area contributed by atoms with Crippen LogP contribution in [-0.2, 0) is 5.54 Å². The maximum Gasteiger partial charge on any atom is 0.123 e. The monoisotopic (exact) mass is 205 g/mol. The van der Waals surface area contributed by atoms with Crippen LogP contribution in [0, 0.1) is 17.7 Å². The van der Waals surface area contributed by atoms with Gasteiger partial charge >= 0.3 is 0 Å². The zero-order chi connectivity index (χ0) is 10.5. The van der Waals surface area contributed by atoms with Crippen LogP contribution >= 0.6 is 0 Å². The van der Waals surface area contributed by atoms with Crippen LogP contribution in [0.2, 0.25) is 0 Å². The molecule has 0 amide bonds. The van der Waals surface area contributed by atoms with Crippen LogP contribution in [0.1, 0.15) is 31.2 Å². The van der Waals surface area contributed by atoms with E-state index in [1.165, 1.54) is 25.3 Å². The minimum Gasteiger partial charge on any atom is -0.321 e. The van der Waals surface area contributed by atoms with Crippen molar-refractivity contribution in [1.82, 2.24) is 0 Å². The van der Waals surface area contributed by atoms with Crippen LogP contribution in [0.25, 0.3) is 0 Å². The van der Waals surface area contributed by atoms with Crippen molar-refractivity contribution in [2.24, 2.45) is 17.6 Å². The maximum absolute atomic E-state index is 13.2. The zero-order valence-corrected chi connectivity index (χ0v) is 8.75. The lowest BCUT2D eigenvalue weighted by Crippen LogP contribution is -2.41. The van der Waals surface area contributed by atoms with Crippen molar-refractivity contribution in [3.8, 4) is 0 Å². The van der Waals surface area contributed by atoms with Gasteiger partial charge in [-0.15, -0.1) is 0 Å². The minimum absolute atomic E-state index is 0.167. The molecule has 3 atom stereocenters. The molecule has 1 aromatic carbocycles. The Morgan fingerprint density at radius 2 is 2.20 bits per heavy atom. The molecule has 0 spiro atoms. The second-order valence-corrected chi connectivity index (χ2v) is 5.13. The van der Waals surface area contributed by atoms with E-state index in [0.717, 1.165) is 17.9 Å². The number of benzene rings is 1. The minimum atomic E-state index is -0.245. The largest absolute Gasteiger partial charge is 0.321 e. The van der Waals surface area contributed by atoms with Gasteiger partial charge in [0, 0.05) is 5.54 Å². The molecule has 2 bridgehead atoms. The molecule has 0 saturated heterocycles. The van der Waals surface area contributed by atoms with Gasteiger partial charge < -0.3 is 5.73 Å². The number of hydrogen-bond acceptors (Lipinski definition) is 1. The predicted molar refractivity (Wildman–Crippen MR) is 57.7 cm³/mol. The normalized spacial score (nSPS) is 38.5. The first-order valence-electron chi connectivity index (χ1n) is 5.73. The second kappa shape index (κ2) is 3.05. The SMILES string of the molecule is NC1(c2cccc(F)c2)CC2CCC1C2. The van der Waals surface area contributed by atoms with Crippen molar-refractivity contribution in [3.05, 3.63) is 35.6 Å². The van der Waals surface area contributed by atoms with Crippen LogP contribution < -0.4 is 5.73 Å². The molecule has 2 N–H and O–H groups in total. The number of rotatable bonds is 1. The first-order chi connectivity index (χ1) is 7.18. The summed E-state index contributed by atoms with van der Waals surface area (Å²) in [6.45, 7) is 0. The highest BCUT2D eigenvalue weighted by molar-refractivity contribution is 5.28. The Balaban J connectivity index is 2.00. The van der Waals surface area contributed by atoms with Crippen molar-refractivity contribution < 1.29 is 4.39 Å². The summed E-state index contributed by atoms with van der Waals surface area (Å²) < 4.78 is 13.2. The molecule has 2 fully saturated rings. The third-order valence-corrected chi connectivity index (χ3v) is 4.26. The average molecular weight is 205 g/mol. The van der Waals surface area contributed by atoms with E-state index in [1.807, 2.05) is 6.07 Å². The number of fused-ring (bicyclic) bond motifs is 2. The van der Waals surface area contributed by atoms with Crippen molar-refractivity contribution >= 4 is 0 Å². The maximum atomic E-state index is 13.2. The van der Waals surface area contributed by atoms with Gasteiger partial charge in [-0.2, -0.15) is 0 Å². The molecule has 2 saturated carbocycles. The van der Waals surface area contributed by atoms with Gasteiger partial charge in [-0.1, -0.05) is 18.6 Å². The summed E-state index contributed by atoms with van der Waals surface area (Å²) >= 11 is 0. The van der Waals surface area contributed by atoms with E-state index in [9.17, 15) is 4.39 Å². The summed E-state index contributed by atoms with van der Waals surface area (Å²) in [5, 5.41) is 0. The highest BCUT2D eigenvalue weighted by Gasteiger charge is 2.49. The van der Waals surface area contributed by atoms with Gasteiger partial charge in [0.1, 0.15) is 5.82 Å². The molecule has 0 aromatic heterocycles. The van der Waals surface area contributed by atoms with Gasteiger partial charge in [-0.05, 0) is 48.8 Å². The van der Waals surface area contributed by atoms with Gasteiger partial charge in [0.25, 0.3) is 0 Å². The van der Waals surface area contributed by atoms with Gasteiger partial charge in [0.15, 0.2) is 0 Å². The molecular weight excluding hydrogens is 189 g/mol. The molecule has 80 valence electrons. The van der Waals surface area contributed by atoms with E-state index in [0.29, 0.717) is 5.92 Å². The second-order valence-electron chi connectivity index (χ2n) is 5.13. The molecule has 3 rings (SSSR count). The van der Waals surface area contributed by atoms with Crippen LogP contribution in [0.15, 0.2) is 24.3 Å². The molecule has 15 heavy (non-hydrogen) atoms. The Morgan fingerprint density at radius 1 is 1.33 bits per heavy atom. The smallest absolute Gasteiger partial charge is 0.123 e. The molecule has 2 heteroatoms. The fraction of sp³-hybridized carbons (Fsp3) is 0.538. The lowest BCUT2D eigenvalue weighted by molar-refractivity contribution is 0.275. The summed E-state index contributed by atoms with van der Waals surface area (Å²) in [5.74, 6) is 1.19. The van der Waals surface area contributed by atoms with Crippen molar-refractivity contribution in [2.75, 3.05) is 0 Å².